The summed E-state index contributed by atoms with van der Waals surface area (Å²) in [5.41, 5.74) is 8.71. The van der Waals surface area contributed by atoms with Crippen LogP contribution < -0.4 is 19.9 Å². The summed E-state index contributed by atoms with van der Waals surface area (Å²) in [6, 6.07) is 22.0. The Morgan fingerprint density at radius 2 is 1.97 bits per heavy atom. The van der Waals surface area contributed by atoms with Crippen molar-refractivity contribution >= 4 is 23.6 Å². The first kappa shape index (κ1) is 24.9. The molecule has 6 nitrogen and oxygen atoms in total. The molecule has 182 valence electrons. The number of carbonyl (C=O) groups excluding carboxylic acids is 1. The number of nitrogens with zero attached hydrogens (tertiary/aromatic N) is 1. The number of nitriles is 1. The minimum absolute atomic E-state index is 0.00870. The normalized spacial score (nSPS) is 14.6. The van der Waals surface area contributed by atoms with E-state index in [1.807, 2.05) is 36.4 Å². The highest BCUT2D eigenvalue weighted by atomic mass is 35.5. The highest BCUT2D eigenvalue weighted by molar-refractivity contribution is 6.32. The molecule has 0 saturated heterocycles. The van der Waals surface area contributed by atoms with Crippen LogP contribution >= 0.6 is 11.6 Å². The number of hydrogen-bond donors (Lipinski definition) is 1. The third-order valence-corrected chi connectivity index (χ3v) is 6.02. The van der Waals surface area contributed by atoms with Gasteiger partial charge in [0.05, 0.1) is 12.5 Å². The molecule has 1 unspecified atom stereocenters. The van der Waals surface area contributed by atoms with Crippen molar-refractivity contribution in [3.63, 3.8) is 0 Å². The first-order chi connectivity index (χ1) is 17.5. The predicted molar refractivity (Wildman–Crippen MR) is 139 cm³/mol. The Morgan fingerprint density at radius 1 is 1.14 bits per heavy atom. The molecule has 1 heterocycles. The van der Waals surface area contributed by atoms with Crippen LogP contribution in [0.3, 0.4) is 0 Å². The number of unbranched alkanes of at least 4 members (excludes halogenated alkanes) is 1. The van der Waals surface area contributed by atoms with E-state index in [-0.39, 0.29) is 11.6 Å². The van der Waals surface area contributed by atoms with E-state index in [2.05, 4.69) is 13.0 Å². The van der Waals surface area contributed by atoms with E-state index in [0.29, 0.717) is 28.5 Å². The number of fused-ring (bicyclic) bond motifs is 1. The number of esters is 1. The van der Waals surface area contributed by atoms with Crippen molar-refractivity contribution in [2.24, 2.45) is 5.73 Å². The Hall–Kier alpha value is -4.21. The summed E-state index contributed by atoms with van der Waals surface area (Å²) < 4.78 is 17.0. The summed E-state index contributed by atoms with van der Waals surface area (Å²) in [6.07, 6.45) is 4.88. The third kappa shape index (κ3) is 5.70. The number of ether oxygens (including phenoxy) is 3. The van der Waals surface area contributed by atoms with Crippen LogP contribution in [0.4, 0.5) is 0 Å². The molecule has 0 aliphatic carbocycles. The fourth-order valence-corrected chi connectivity index (χ4v) is 4.08. The molecule has 0 fully saturated rings. The lowest BCUT2D eigenvalue weighted by Crippen LogP contribution is -2.21. The number of halogens is 1. The summed E-state index contributed by atoms with van der Waals surface area (Å²) in [4.78, 5) is 12.4. The maximum Gasteiger partial charge on any atom is 0.336 e. The van der Waals surface area contributed by atoms with E-state index in [4.69, 9.17) is 31.5 Å². The highest BCUT2D eigenvalue weighted by Crippen LogP contribution is 2.44. The van der Waals surface area contributed by atoms with Gasteiger partial charge in [-0.1, -0.05) is 61.3 Å². The molecule has 2 N–H and O–H groups in total. The van der Waals surface area contributed by atoms with Crippen molar-refractivity contribution in [1.82, 2.24) is 0 Å². The van der Waals surface area contributed by atoms with Gasteiger partial charge in [0, 0.05) is 22.7 Å². The quantitative estimate of drug-likeness (QED) is 0.167. The van der Waals surface area contributed by atoms with Crippen molar-refractivity contribution < 1.29 is 19.0 Å². The summed E-state index contributed by atoms with van der Waals surface area (Å²) in [6.45, 7) is 2.72. The molecule has 0 spiro atoms. The average Bonchev–Trinajstić information content (AvgIpc) is 2.87. The van der Waals surface area contributed by atoms with Gasteiger partial charge < -0.3 is 19.9 Å². The first-order valence-corrected chi connectivity index (χ1v) is 12.0. The molecule has 0 saturated carbocycles. The molecule has 0 bridgehead atoms. The number of nitrogens with two attached hydrogens (primary N) is 1. The summed E-state index contributed by atoms with van der Waals surface area (Å²) in [5, 5.41) is 10.4. The van der Waals surface area contributed by atoms with E-state index in [1.165, 1.54) is 6.08 Å². The smallest absolute Gasteiger partial charge is 0.336 e. The second-order valence-corrected chi connectivity index (χ2v) is 8.58. The molecule has 4 rings (SSSR count). The van der Waals surface area contributed by atoms with Gasteiger partial charge in [0.15, 0.2) is 0 Å². The number of carbonyl (C=O) groups is 1. The largest absolute Gasteiger partial charge is 0.494 e. The maximum absolute atomic E-state index is 12.4. The van der Waals surface area contributed by atoms with Gasteiger partial charge in [-0.05, 0) is 47.9 Å². The average molecular weight is 501 g/mol. The van der Waals surface area contributed by atoms with Crippen molar-refractivity contribution in [2.45, 2.75) is 25.7 Å². The number of hydrogen-bond acceptors (Lipinski definition) is 6. The minimum Gasteiger partial charge on any atom is -0.494 e. The molecule has 3 aromatic rings. The van der Waals surface area contributed by atoms with Crippen LogP contribution in [0.1, 0.15) is 42.4 Å². The summed E-state index contributed by atoms with van der Waals surface area (Å²) in [7, 11) is 0. The van der Waals surface area contributed by atoms with Crippen molar-refractivity contribution in [1.29, 1.82) is 5.26 Å². The van der Waals surface area contributed by atoms with Crippen molar-refractivity contribution in [2.75, 3.05) is 6.61 Å². The Balaban J connectivity index is 1.58. The van der Waals surface area contributed by atoms with Crippen LogP contribution in [-0.4, -0.2) is 12.6 Å². The molecule has 1 aliphatic heterocycles. The fourth-order valence-electron chi connectivity index (χ4n) is 3.88. The molecule has 0 radical (unpaired) electrons. The van der Waals surface area contributed by atoms with Gasteiger partial charge in [-0.25, -0.2) is 4.79 Å². The molecule has 0 amide bonds. The van der Waals surface area contributed by atoms with Crippen LogP contribution in [0.15, 0.2) is 84.3 Å². The highest BCUT2D eigenvalue weighted by Gasteiger charge is 2.31. The molecule has 0 aromatic heterocycles. The van der Waals surface area contributed by atoms with Gasteiger partial charge in [-0.15, -0.1) is 0 Å². The van der Waals surface area contributed by atoms with E-state index in [1.54, 1.807) is 36.4 Å². The lowest BCUT2D eigenvalue weighted by molar-refractivity contribution is -0.128. The minimum atomic E-state index is -0.569. The summed E-state index contributed by atoms with van der Waals surface area (Å²) in [5.74, 6) is 0.411. The molecule has 36 heavy (non-hydrogen) atoms. The lowest BCUT2D eigenvalue weighted by Gasteiger charge is -2.27. The number of allylic oxidation sites excluding steroid dienone is 1. The van der Waals surface area contributed by atoms with E-state index in [0.717, 1.165) is 29.7 Å². The lowest BCUT2D eigenvalue weighted by atomic mass is 9.83. The van der Waals surface area contributed by atoms with Crippen LogP contribution in [0, 0.1) is 11.3 Å². The SMILES string of the molecule is CCCCOc1cccc(C2C(C#N)=C(N)Oc3cc(OC(=O)/C=C/c4ccccc4Cl)ccc32)c1. The molecular formula is C29H25ClN2O4. The Labute approximate surface area is 215 Å². The van der Waals surface area contributed by atoms with Crippen LogP contribution in [0.2, 0.25) is 5.02 Å². The Morgan fingerprint density at radius 3 is 2.75 bits per heavy atom. The zero-order valence-corrected chi connectivity index (χ0v) is 20.5. The van der Waals surface area contributed by atoms with Crippen molar-refractivity contribution in [3.8, 4) is 23.3 Å². The zero-order chi connectivity index (χ0) is 25.5. The van der Waals surface area contributed by atoms with Gasteiger partial charge in [0.25, 0.3) is 0 Å². The van der Waals surface area contributed by atoms with Gasteiger partial charge in [0.2, 0.25) is 5.88 Å². The Bertz CT molecular complexity index is 1370. The molecule has 3 aromatic carbocycles. The van der Waals surface area contributed by atoms with Gasteiger partial charge >= 0.3 is 5.97 Å². The standard InChI is InChI=1S/C29H25ClN2O4/c1-2-3-15-34-21-9-6-8-20(16-21)28-23-13-12-22(17-26(23)36-29(32)24(28)18-31)35-27(33)14-11-19-7-4-5-10-25(19)30/h4-14,16-17,28H,2-3,15,32H2,1H3/b14-11+. The second kappa shape index (κ2) is 11.5. The van der Waals surface area contributed by atoms with Gasteiger partial charge in [-0.2, -0.15) is 5.26 Å². The monoisotopic (exact) mass is 500 g/mol. The fraction of sp³-hybridized carbons (Fsp3) is 0.172. The molecule has 7 heteroatoms. The first-order valence-electron chi connectivity index (χ1n) is 11.6. The molecular weight excluding hydrogens is 476 g/mol. The molecule has 1 aliphatic rings. The van der Waals surface area contributed by atoms with Crippen molar-refractivity contribution in [3.05, 3.63) is 106 Å². The van der Waals surface area contributed by atoms with Gasteiger partial charge in [-0.3, -0.25) is 0 Å². The maximum atomic E-state index is 12.4. The van der Waals surface area contributed by atoms with Crippen LogP contribution in [-0.2, 0) is 4.79 Å². The Kier molecular flexibility index (Phi) is 7.94. The van der Waals surface area contributed by atoms with E-state index >= 15 is 0 Å². The van der Waals surface area contributed by atoms with E-state index < -0.39 is 11.9 Å². The third-order valence-electron chi connectivity index (χ3n) is 5.67. The van der Waals surface area contributed by atoms with Crippen LogP contribution in [0.5, 0.6) is 17.2 Å². The number of rotatable bonds is 8. The van der Waals surface area contributed by atoms with Gasteiger partial charge in [0.1, 0.15) is 28.9 Å². The number of benzene rings is 3. The predicted octanol–water partition coefficient (Wildman–Crippen LogP) is 6.36. The second-order valence-electron chi connectivity index (χ2n) is 8.17. The zero-order valence-electron chi connectivity index (χ0n) is 19.7. The summed E-state index contributed by atoms with van der Waals surface area (Å²) >= 11 is 6.12. The topological polar surface area (TPSA) is 94.6 Å². The molecule has 1 atom stereocenters. The van der Waals surface area contributed by atoms with Crippen LogP contribution in [0.25, 0.3) is 6.08 Å². The van der Waals surface area contributed by atoms with E-state index in [9.17, 15) is 10.1 Å².